The summed E-state index contributed by atoms with van der Waals surface area (Å²) in [7, 11) is 0. The Kier molecular flexibility index (Phi) is 2.30. The molecule has 14 heavy (non-hydrogen) atoms. The lowest BCUT2D eigenvalue weighted by molar-refractivity contribution is -0.116. The lowest BCUT2D eigenvalue weighted by atomic mass is 10.1. The molecule has 0 spiro atoms. The van der Waals surface area contributed by atoms with Gasteiger partial charge in [0.05, 0.1) is 6.26 Å². The van der Waals surface area contributed by atoms with Crippen LogP contribution >= 0.6 is 11.6 Å². The van der Waals surface area contributed by atoms with Gasteiger partial charge in [-0.05, 0) is 25.1 Å². The Morgan fingerprint density at radius 1 is 1.50 bits per heavy atom. The van der Waals surface area contributed by atoms with Crippen molar-refractivity contribution in [1.29, 1.82) is 0 Å². The fourth-order valence-electron chi connectivity index (χ4n) is 1.46. The number of hydrogen-bond acceptors (Lipinski definition) is 2. The topological polar surface area (TPSA) is 30.2 Å². The van der Waals surface area contributed by atoms with E-state index in [1.165, 1.54) is 0 Å². The van der Waals surface area contributed by atoms with E-state index < -0.39 is 0 Å². The zero-order valence-electron chi connectivity index (χ0n) is 7.71. The number of hydrogen-bond donors (Lipinski definition) is 0. The van der Waals surface area contributed by atoms with Crippen molar-refractivity contribution >= 4 is 28.4 Å². The van der Waals surface area contributed by atoms with E-state index in [0.29, 0.717) is 11.4 Å². The third-order valence-electron chi connectivity index (χ3n) is 2.06. The second-order valence-corrected chi connectivity index (χ2v) is 3.72. The van der Waals surface area contributed by atoms with Gasteiger partial charge in [-0.15, -0.1) is 0 Å². The standard InChI is InChI=1S/C11H9ClO2/c1-7(13)4-8-6-14-11-5-9(12)2-3-10(8)11/h2-3,5-6H,4H2,1H3. The Balaban J connectivity index is 2.52. The lowest BCUT2D eigenvalue weighted by Gasteiger charge is -1.93. The Labute approximate surface area is 86.5 Å². The highest BCUT2D eigenvalue weighted by atomic mass is 35.5. The van der Waals surface area contributed by atoms with Gasteiger partial charge in [0.1, 0.15) is 11.4 Å². The highest BCUT2D eigenvalue weighted by Crippen LogP contribution is 2.24. The van der Waals surface area contributed by atoms with E-state index >= 15 is 0 Å². The van der Waals surface area contributed by atoms with Crippen LogP contribution < -0.4 is 0 Å². The fraction of sp³-hybridized carbons (Fsp3) is 0.182. The highest BCUT2D eigenvalue weighted by molar-refractivity contribution is 6.31. The molecule has 1 aromatic carbocycles. The van der Waals surface area contributed by atoms with Crippen molar-refractivity contribution in [3.05, 3.63) is 35.0 Å². The first-order chi connectivity index (χ1) is 6.66. The summed E-state index contributed by atoms with van der Waals surface area (Å²) in [4.78, 5) is 11.0. The molecule has 3 heteroatoms. The van der Waals surface area contributed by atoms with Crippen molar-refractivity contribution in [2.45, 2.75) is 13.3 Å². The largest absolute Gasteiger partial charge is 0.464 e. The molecule has 0 N–H and O–H groups in total. The molecule has 0 fully saturated rings. The Bertz CT molecular complexity index is 485. The summed E-state index contributed by atoms with van der Waals surface area (Å²) in [6, 6.07) is 5.42. The summed E-state index contributed by atoms with van der Waals surface area (Å²) in [6.07, 6.45) is 2.02. The average molecular weight is 209 g/mol. The molecule has 2 nitrogen and oxygen atoms in total. The summed E-state index contributed by atoms with van der Waals surface area (Å²) >= 11 is 5.81. The quantitative estimate of drug-likeness (QED) is 0.759. The number of ketones is 1. The van der Waals surface area contributed by atoms with Crippen molar-refractivity contribution in [3.63, 3.8) is 0 Å². The SMILES string of the molecule is CC(=O)Cc1coc2cc(Cl)ccc12. The molecule has 1 heterocycles. The Hall–Kier alpha value is -1.28. The van der Waals surface area contributed by atoms with Crippen LogP contribution in [0.1, 0.15) is 12.5 Å². The zero-order chi connectivity index (χ0) is 10.1. The molecule has 0 saturated heterocycles. The van der Waals surface area contributed by atoms with Crippen LogP contribution in [0, 0.1) is 0 Å². The molecule has 1 aromatic heterocycles. The van der Waals surface area contributed by atoms with Crippen LogP contribution in [0.4, 0.5) is 0 Å². The molecule has 72 valence electrons. The molecule has 0 aliphatic heterocycles. The molecule has 0 saturated carbocycles. The average Bonchev–Trinajstić information content (AvgIpc) is 2.47. The van der Waals surface area contributed by atoms with E-state index in [-0.39, 0.29) is 5.78 Å². The second-order valence-electron chi connectivity index (χ2n) is 3.28. The smallest absolute Gasteiger partial charge is 0.135 e. The van der Waals surface area contributed by atoms with Gasteiger partial charge in [-0.3, -0.25) is 4.79 Å². The number of furan rings is 1. The van der Waals surface area contributed by atoms with Gasteiger partial charge >= 0.3 is 0 Å². The highest BCUT2D eigenvalue weighted by Gasteiger charge is 2.07. The zero-order valence-corrected chi connectivity index (χ0v) is 8.47. The van der Waals surface area contributed by atoms with Crippen LogP contribution in [0.2, 0.25) is 5.02 Å². The monoisotopic (exact) mass is 208 g/mol. The summed E-state index contributed by atoms with van der Waals surface area (Å²) in [5.41, 5.74) is 1.65. The molecular weight excluding hydrogens is 200 g/mol. The maximum atomic E-state index is 11.0. The number of benzene rings is 1. The van der Waals surface area contributed by atoms with Crippen molar-refractivity contribution in [1.82, 2.24) is 0 Å². The first-order valence-corrected chi connectivity index (χ1v) is 4.69. The van der Waals surface area contributed by atoms with Gasteiger partial charge in [-0.1, -0.05) is 11.6 Å². The van der Waals surface area contributed by atoms with Crippen LogP contribution in [-0.2, 0) is 11.2 Å². The lowest BCUT2D eigenvalue weighted by Crippen LogP contribution is -1.94. The number of Topliss-reactive ketones (excluding diaryl/α,β-unsaturated/α-hetero) is 1. The van der Waals surface area contributed by atoms with E-state index in [2.05, 4.69) is 0 Å². The Morgan fingerprint density at radius 2 is 2.29 bits per heavy atom. The predicted molar refractivity (Wildman–Crippen MR) is 55.6 cm³/mol. The van der Waals surface area contributed by atoms with Crippen LogP contribution in [0.15, 0.2) is 28.9 Å². The first-order valence-electron chi connectivity index (χ1n) is 4.32. The molecule has 0 aliphatic carbocycles. The molecule has 0 atom stereocenters. The fourth-order valence-corrected chi connectivity index (χ4v) is 1.62. The number of carbonyl (C=O) groups excluding carboxylic acids is 1. The van der Waals surface area contributed by atoms with E-state index in [9.17, 15) is 4.79 Å². The minimum Gasteiger partial charge on any atom is -0.464 e. The van der Waals surface area contributed by atoms with E-state index in [4.69, 9.17) is 16.0 Å². The van der Waals surface area contributed by atoms with Crippen LogP contribution in [0.3, 0.4) is 0 Å². The van der Waals surface area contributed by atoms with Crippen LogP contribution in [-0.4, -0.2) is 5.78 Å². The van der Waals surface area contributed by atoms with Gasteiger partial charge in [0.2, 0.25) is 0 Å². The predicted octanol–water partition coefficient (Wildman–Crippen LogP) is 3.22. The van der Waals surface area contributed by atoms with Crippen molar-refractivity contribution < 1.29 is 9.21 Å². The van der Waals surface area contributed by atoms with Gasteiger partial charge in [0.15, 0.2) is 0 Å². The summed E-state index contributed by atoms with van der Waals surface area (Å²) < 4.78 is 5.29. The van der Waals surface area contributed by atoms with Crippen molar-refractivity contribution in [2.75, 3.05) is 0 Å². The van der Waals surface area contributed by atoms with Gasteiger partial charge in [-0.2, -0.15) is 0 Å². The van der Waals surface area contributed by atoms with E-state index in [1.807, 2.05) is 6.07 Å². The third kappa shape index (κ3) is 1.66. The van der Waals surface area contributed by atoms with Gasteiger partial charge in [0, 0.05) is 22.4 Å². The van der Waals surface area contributed by atoms with Crippen LogP contribution in [0.5, 0.6) is 0 Å². The molecule has 2 rings (SSSR count). The molecule has 0 amide bonds. The maximum Gasteiger partial charge on any atom is 0.135 e. The molecule has 0 radical (unpaired) electrons. The second kappa shape index (κ2) is 3.46. The van der Waals surface area contributed by atoms with Gasteiger partial charge in [-0.25, -0.2) is 0 Å². The minimum atomic E-state index is 0.127. The number of carbonyl (C=O) groups is 1. The molecule has 0 unspecified atom stereocenters. The number of halogens is 1. The minimum absolute atomic E-state index is 0.127. The Morgan fingerprint density at radius 3 is 3.00 bits per heavy atom. The van der Waals surface area contributed by atoms with Crippen molar-refractivity contribution in [2.24, 2.45) is 0 Å². The number of rotatable bonds is 2. The third-order valence-corrected chi connectivity index (χ3v) is 2.29. The number of fused-ring (bicyclic) bond motifs is 1. The molecule has 0 aliphatic rings. The maximum absolute atomic E-state index is 11.0. The molecular formula is C11H9ClO2. The van der Waals surface area contributed by atoms with E-state index in [0.717, 1.165) is 16.5 Å². The molecule has 0 bridgehead atoms. The summed E-state index contributed by atoms with van der Waals surface area (Å²) in [5, 5.41) is 1.60. The van der Waals surface area contributed by atoms with Gasteiger partial charge < -0.3 is 4.42 Å². The normalized spacial score (nSPS) is 10.7. The molecule has 2 aromatic rings. The first kappa shape index (κ1) is 9.28. The van der Waals surface area contributed by atoms with Gasteiger partial charge in [0.25, 0.3) is 0 Å². The van der Waals surface area contributed by atoms with Crippen molar-refractivity contribution in [3.8, 4) is 0 Å². The summed E-state index contributed by atoms with van der Waals surface area (Å²) in [5.74, 6) is 0.127. The van der Waals surface area contributed by atoms with Crippen LogP contribution in [0.25, 0.3) is 11.0 Å². The summed E-state index contributed by atoms with van der Waals surface area (Å²) in [6.45, 7) is 1.56. The van der Waals surface area contributed by atoms with E-state index in [1.54, 1.807) is 25.3 Å².